The zero-order valence-corrected chi connectivity index (χ0v) is 10.6. The van der Waals surface area contributed by atoms with Crippen molar-refractivity contribution in [2.24, 2.45) is 5.73 Å². The maximum Gasteiger partial charge on any atom is 0.255 e. The fourth-order valence-electron chi connectivity index (χ4n) is 1.74. The van der Waals surface area contributed by atoms with Gasteiger partial charge in [-0.2, -0.15) is 23.1 Å². The minimum Gasteiger partial charge on any atom is -0.380 e. The first kappa shape index (κ1) is 14.4. The standard InChI is InChI=1S/C13H12F3N3O/c1-20-6-7-3-2-4-8(5-7)10(17)13-18-11(15)9(14)12(16)19-13/h2-5,10H,6,17H2,1H3. The average Bonchev–Trinajstić information content (AvgIpc) is 2.44. The van der Waals surface area contributed by atoms with E-state index in [1.54, 1.807) is 25.3 Å². The zero-order chi connectivity index (χ0) is 14.7. The molecule has 2 N–H and O–H groups in total. The molecule has 2 rings (SSSR count). The number of hydrogen-bond donors (Lipinski definition) is 1. The molecule has 0 aliphatic carbocycles. The molecular weight excluding hydrogens is 271 g/mol. The number of nitrogens with two attached hydrogens (primary N) is 1. The Bertz CT molecular complexity index is 599. The topological polar surface area (TPSA) is 61.0 Å². The van der Waals surface area contributed by atoms with E-state index in [2.05, 4.69) is 9.97 Å². The summed E-state index contributed by atoms with van der Waals surface area (Å²) in [6.45, 7) is 0.369. The van der Waals surface area contributed by atoms with Gasteiger partial charge in [-0.15, -0.1) is 0 Å². The van der Waals surface area contributed by atoms with E-state index in [9.17, 15) is 13.2 Å². The second-order valence-electron chi connectivity index (χ2n) is 4.13. The second-order valence-corrected chi connectivity index (χ2v) is 4.13. The summed E-state index contributed by atoms with van der Waals surface area (Å²) in [5.41, 5.74) is 7.23. The van der Waals surface area contributed by atoms with Crippen molar-refractivity contribution >= 4 is 0 Å². The molecule has 1 atom stereocenters. The normalized spacial score (nSPS) is 12.4. The van der Waals surface area contributed by atoms with Crippen molar-refractivity contribution in [3.8, 4) is 0 Å². The van der Waals surface area contributed by atoms with Crippen molar-refractivity contribution in [3.63, 3.8) is 0 Å². The molecule has 0 spiro atoms. The summed E-state index contributed by atoms with van der Waals surface area (Å²) in [6.07, 6.45) is 0. The SMILES string of the molecule is COCc1cccc(C(N)c2nc(F)c(F)c(F)n2)c1. The summed E-state index contributed by atoms with van der Waals surface area (Å²) in [5.74, 6) is -5.16. The van der Waals surface area contributed by atoms with Crippen molar-refractivity contribution in [1.82, 2.24) is 9.97 Å². The predicted octanol–water partition coefficient (Wildman–Crippen LogP) is 2.09. The summed E-state index contributed by atoms with van der Waals surface area (Å²) in [7, 11) is 1.54. The first-order valence-electron chi connectivity index (χ1n) is 5.74. The predicted molar refractivity (Wildman–Crippen MR) is 65.1 cm³/mol. The van der Waals surface area contributed by atoms with E-state index in [0.717, 1.165) is 5.56 Å². The Morgan fingerprint density at radius 1 is 1.20 bits per heavy atom. The van der Waals surface area contributed by atoms with E-state index in [1.807, 2.05) is 6.07 Å². The van der Waals surface area contributed by atoms with Gasteiger partial charge in [0.1, 0.15) is 0 Å². The molecule has 106 valence electrons. The lowest BCUT2D eigenvalue weighted by Crippen LogP contribution is -2.18. The molecule has 0 bridgehead atoms. The van der Waals surface area contributed by atoms with Gasteiger partial charge in [-0.05, 0) is 11.1 Å². The number of halogens is 3. The van der Waals surface area contributed by atoms with Gasteiger partial charge in [0, 0.05) is 7.11 Å². The third kappa shape index (κ3) is 2.94. The minimum absolute atomic E-state index is 0.323. The monoisotopic (exact) mass is 283 g/mol. The fraction of sp³-hybridized carbons (Fsp3) is 0.231. The van der Waals surface area contributed by atoms with Crippen molar-refractivity contribution in [2.75, 3.05) is 7.11 Å². The van der Waals surface area contributed by atoms with Crippen LogP contribution < -0.4 is 5.73 Å². The van der Waals surface area contributed by atoms with Crippen LogP contribution in [0.15, 0.2) is 24.3 Å². The van der Waals surface area contributed by atoms with Gasteiger partial charge in [0.15, 0.2) is 5.82 Å². The Labute approximate surface area is 113 Å². The average molecular weight is 283 g/mol. The van der Waals surface area contributed by atoms with Gasteiger partial charge < -0.3 is 10.5 Å². The van der Waals surface area contributed by atoms with Gasteiger partial charge in [0.05, 0.1) is 12.6 Å². The van der Waals surface area contributed by atoms with Crippen LogP contribution in [0.4, 0.5) is 13.2 Å². The maximum atomic E-state index is 13.1. The highest BCUT2D eigenvalue weighted by Crippen LogP contribution is 2.19. The molecular formula is C13H12F3N3O. The molecule has 0 radical (unpaired) electrons. The lowest BCUT2D eigenvalue weighted by atomic mass is 10.0. The summed E-state index contributed by atoms with van der Waals surface area (Å²) < 4.78 is 43.9. The Hall–Kier alpha value is -1.99. The number of hydrogen-bond acceptors (Lipinski definition) is 4. The highest BCUT2D eigenvalue weighted by molar-refractivity contribution is 5.29. The van der Waals surface area contributed by atoms with Crippen LogP contribution in [0, 0.1) is 17.7 Å². The van der Waals surface area contributed by atoms with Crippen LogP contribution in [0.5, 0.6) is 0 Å². The summed E-state index contributed by atoms with van der Waals surface area (Å²) in [6, 6.07) is 5.94. The molecule has 0 amide bonds. The van der Waals surface area contributed by atoms with E-state index in [4.69, 9.17) is 10.5 Å². The van der Waals surface area contributed by atoms with Gasteiger partial charge in [0.2, 0.25) is 5.82 Å². The number of nitrogens with zero attached hydrogens (tertiary/aromatic N) is 2. The zero-order valence-electron chi connectivity index (χ0n) is 10.6. The van der Waals surface area contributed by atoms with Crippen molar-refractivity contribution in [3.05, 3.63) is 58.9 Å². The summed E-state index contributed by atoms with van der Waals surface area (Å²) in [4.78, 5) is 6.47. The molecule has 0 saturated carbocycles. The first-order chi connectivity index (χ1) is 9.52. The molecule has 0 aliphatic heterocycles. The van der Waals surface area contributed by atoms with E-state index in [-0.39, 0.29) is 5.82 Å². The van der Waals surface area contributed by atoms with Gasteiger partial charge in [-0.25, -0.2) is 0 Å². The molecule has 2 aromatic rings. The number of methoxy groups -OCH3 is 1. The van der Waals surface area contributed by atoms with Gasteiger partial charge in [-0.1, -0.05) is 24.3 Å². The number of ether oxygens (including phenoxy) is 1. The molecule has 1 unspecified atom stereocenters. The Morgan fingerprint density at radius 2 is 1.85 bits per heavy atom. The van der Waals surface area contributed by atoms with Crippen molar-refractivity contribution in [1.29, 1.82) is 0 Å². The van der Waals surface area contributed by atoms with Crippen molar-refractivity contribution < 1.29 is 17.9 Å². The van der Waals surface area contributed by atoms with Gasteiger partial charge in [0.25, 0.3) is 11.9 Å². The van der Waals surface area contributed by atoms with Crippen molar-refractivity contribution in [2.45, 2.75) is 12.6 Å². The lowest BCUT2D eigenvalue weighted by molar-refractivity contribution is 0.185. The molecule has 0 fully saturated rings. The largest absolute Gasteiger partial charge is 0.380 e. The molecule has 1 aromatic heterocycles. The maximum absolute atomic E-state index is 13.1. The smallest absolute Gasteiger partial charge is 0.255 e. The molecule has 7 heteroatoms. The molecule has 1 heterocycles. The quantitative estimate of drug-likeness (QED) is 0.873. The van der Waals surface area contributed by atoms with Gasteiger partial charge in [-0.3, -0.25) is 0 Å². The van der Waals surface area contributed by atoms with Crippen LogP contribution in [-0.4, -0.2) is 17.1 Å². The van der Waals surface area contributed by atoms with E-state index in [1.165, 1.54) is 0 Å². The fourth-order valence-corrected chi connectivity index (χ4v) is 1.74. The minimum atomic E-state index is -1.71. The van der Waals surface area contributed by atoms with E-state index < -0.39 is 23.8 Å². The van der Waals surface area contributed by atoms with Gasteiger partial charge >= 0.3 is 0 Å². The highest BCUT2D eigenvalue weighted by Gasteiger charge is 2.19. The van der Waals surface area contributed by atoms with E-state index in [0.29, 0.717) is 12.2 Å². The van der Waals surface area contributed by atoms with Crippen LogP contribution in [0.1, 0.15) is 23.0 Å². The Balaban J connectivity index is 2.35. The second kappa shape index (κ2) is 5.98. The Morgan fingerprint density at radius 3 is 2.45 bits per heavy atom. The molecule has 0 aliphatic rings. The first-order valence-corrected chi connectivity index (χ1v) is 5.74. The van der Waals surface area contributed by atoms with Crippen LogP contribution in [0.25, 0.3) is 0 Å². The molecule has 20 heavy (non-hydrogen) atoms. The number of aromatic nitrogens is 2. The van der Waals surface area contributed by atoms with Crippen LogP contribution in [0.2, 0.25) is 0 Å². The van der Waals surface area contributed by atoms with Crippen LogP contribution in [-0.2, 0) is 11.3 Å². The molecule has 1 aromatic carbocycles. The summed E-state index contributed by atoms with van der Waals surface area (Å²) >= 11 is 0. The lowest BCUT2D eigenvalue weighted by Gasteiger charge is -2.12. The summed E-state index contributed by atoms with van der Waals surface area (Å²) in [5, 5.41) is 0. The Kier molecular flexibility index (Phi) is 4.31. The molecule has 0 saturated heterocycles. The third-order valence-corrected chi connectivity index (χ3v) is 2.69. The van der Waals surface area contributed by atoms with E-state index >= 15 is 0 Å². The van der Waals surface area contributed by atoms with Crippen LogP contribution >= 0.6 is 0 Å². The number of benzene rings is 1. The van der Waals surface area contributed by atoms with Crippen LogP contribution in [0.3, 0.4) is 0 Å². The third-order valence-electron chi connectivity index (χ3n) is 2.69. The number of rotatable bonds is 4. The highest BCUT2D eigenvalue weighted by atomic mass is 19.2. The molecule has 4 nitrogen and oxygen atoms in total.